The molecule has 0 saturated carbocycles. The molecule has 0 radical (unpaired) electrons. The number of carbonyl (C=O) groups excluding carboxylic acids is 1. The molecule has 0 unspecified atom stereocenters. The van der Waals surface area contributed by atoms with Gasteiger partial charge in [-0.3, -0.25) is 0 Å². The van der Waals surface area contributed by atoms with Gasteiger partial charge in [-0.05, 0) is 24.3 Å². The van der Waals surface area contributed by atoms with Crippen LogP contribution in [0.25, 0.3) is 0 Å². The SMILES string of the molecule is O=C(O)c1cc(O)c(O[C@H]2O[C@H](COC(=O)c3cc(O)c(O)c(O)c3)[C@H](O)[C@H](O)[C@H]2O)c(O)c1. The largest absolute Gasteiger partial charge is 0.504 e. The van der Waals surface area contributed by atoms with E-state index in [-0.39, 0.29) is 5.56 Å². The highest BCUT2D eigenvalue weighted by Crippen LogP contribution is 2.39. The van der Waals surface area contributed by atoms with Crippen LogP contribution in [0, 0.1) is 0 Å². The number of hydrogen-bond donors (Lipinski definition) is 9. The second kappa shape index (κ2) is 9.48. The summed E-state index contributed by atoms with van der Waals surface area (Å²) in [5.74, 6) is -7.40. The molecule has 14 nitrogen and oxygen atoms in total. The lowest BCUT2D eigenvalue weighted by Gasteiger charge is -2.39. The molecular weight excluding hydrogens is 464 g/mol. The Bertz CT molecular complexity index is 1050. The fourth-order valence-electron chi connectivity index (χ4n) is 3.07. The van der Waals surface area contributed by atoms with Gasteiger partial charge >= 0.3 is 11.9 Å². The van der Waals surface area contributed by atoms with Gasteiger partial charge in [0.25, 0.3) is 0 Å². The molecule has 0 bridgehead atoms. The van der Waals surface area contributed by atoms with E-state index in [1.807, 2.05) is 0 Å². The summed E-state index contributed by atoms with van der Waals surface area (Å²) in [6, 6.07) is 3.10. The summed E-state index contributed by atoms with van der Waals surface area (Å²) < 4.78 is 15.4. The van der Waals surface area contributed by atoms with Crippen molar-refractivity contribution in [1.82, 2.24) is 0 Å². The van der Waals surface area contributed by atoms with Crippen molar-refractivity contribution in [2.75, 3.05) is 6.61 Å². The van der Waals surface area contributed by atoms with Crippen LogP contribution in [0.3, 0.4) is 0 Å². The summed E-state index contributed by atoms with van der Waals surface area (Å²) in [6.45, 7) is -0.734. The number of aromatic carboxylic acids is 1. The molecule has 34 heavy (non-hydrogen) atoms. The fourth-order valence-corrected chi connectivity index (χ4v) is 3.07. The molecule has 3 rings (SSSR count). The molecule has 184 valence electrons. The van der Waals surface area contributed by atoms with E-state index in [2.05, 4.69) is 0 Å². The highest BCUT2D eigenvalue weighted by molar-refractivity contribution is 5.91. The molecule has 0 amide bonds. The number of carbonyl (C=O) groups is 2. The lowest BCUT2D eigenvalue weighted by molar-refractivity contribution is -0.277. The number of hydrogen-bond acceptors (Lipinski definition) is 13. The van der Waals surface area contributed by atoms with Crippen molar-refractivity contribution in [2.45, 2.75) is 30.7 Å². The van der Waals surface area contributed by atoms with Gasteiger partial charge in [-0.25, -0.2) is 9.59 Å². The fraction of sp³-hybridized carbons (Fsp3) is 0.300. The van der Waals surface area contributed by atoms with Crippen molar-refractivity contribution >= 4 is 11.9 Å². The molecule has 1 aliphatic rings. The predicted octanol–water partition coefficient (Wildman–Crippen LogP) is -1.04. The van der Waals surface area contributed by atoms with Crippen LogP contribution in [0.4, 0.5) is 0 Å². The van der Waals surface area contributed by atoms with Crippen LogP contribution in [0.1, 0.15) is 20.7 Å². The molecule has 5 atom stereocenters. The zero-order chi connectivity index (χ0) is 25.3. The molecule has 1 heterocycles. The average molecular weight is 484 g/mol. The minimum Gasteiger partial charge on any atom is -0.504 e. The summed E-state index contributed by atoms with van der Waals surface area (Å²) >= 11 is 0. The van der Waals surface area contributed by atoms with Crippen LogP contribution in [0.2, 0.25) is 0 Å². The number of aromatic hydroxyl groups is 5. The van der Waals surface area contributed by atoms with Crippen LogP contribution in [-0.2, 0) is 9.47 Å². The maximum Gasteiger partial charge on any atom is 0.338 e. The Hall–Kier alpha value is -3.98. The normalized spacial score (nSPS) is 24.4. The van der Waals surface area contributed by atoms with E-state index in [1.54, 1.807) is 0 Å². The summed E-state index contributed by atoms with van der Waals surface area (Å²) in [5.41, 5.74) is -0.848. The molecule has 1 aliphatic heterocycles. The number of carboxylic acids is 1. The van der Waals surface area contributed by atoms with Crippen molar-refractivity contribution in [3.63, 3.8) is 0 Å². The van der Waals surface area contributed by atoms with Gasteiger partial charge in [-0.15, -0.1) is 0 Å². The Morgan fingerprint density at radius 3 is 1.85 bits per heavy atom. The van der Waals surface area contributed by atoms with E-state index in [9.17, 15) is 50.4 Å². The highest BCUT2D eigenvalue weighted by Gasteiger charge is 2.46. The first kappa shape index (κ1) is 24.7. The minimum absolute atomic E-state index is 0.375. The van der Waals surface area contributed by atoms with Crippen molar-refractivity contribution in [3.8, 4) is 34.5 Å². The number of ether oxygens (including phenoxy) is 3. The Balaban J connectivity index is 1.74. The van der Waals surface area contributed by atoms with Crippen molar-refractivity contribution < 1.29 is 69.8 Å². The molecule has 0 aromatic heterocycles. The second-order valence-corrected chi connectivity index (χ2v) is 7.24. The summed E-state index contributed by atoms with van der Waals surface area (Å²) in [4.78, 5) is 23.2. The van der Waals surface area contributed by atoms with Gasteiger partial charge in [0.2, 0.25) is 12.0 Å². The third-order valence-corrected chi connectivity index (χ3v) is 4.88. The summed E-state index contributed by atoms with van der Waals surface area (Å²) in [7, 11) is 0. The first-order valence-electron chi connectivity index (χ1n) is 9.48. The quantitative estimate of drug-likeness (QED) is 0.176. The first-order valence-corrected chi connectivity index (χ1v) is 9.48. The number of carboxylic acid groups (broad SMARTS) is 1. The van der Waals surface area contributed by atoms with Gasteiger partial charge in [-0.1, -0.05) is 0 Å². The van der Waals surface area contributed by atoms with Gasteiger partial charge < -0.3 is 60.2 Å². The summed E-state index contributed by atoms with van der Waals surface area (Å²) in [5, 5.41) is 87.6. The molecule has 0 spiro atoms. The Labute approximate surface area is 189 Å². The number of esters is 1. The highest BCUT2D eigenvalue weighted by atomic mass is 16.7. The van der Waals surface area contributed by atoms with Crippen LogP contribution < -0.4 is 4.74 Å². The zero-order valence-corrected chi connectivity index (χ0v) is 17.0. The van der Waals surface area contributed by atoms with Crippen LogP contribution in [0.5, 0.6) is 34.5 Å². The maximum atomic E-state index is 12.2. The Kier molecular flexibility index (Phi) is 6.88. The standard InChI is InChI=1S/C20H20O14/c21-8-3-7(4-9(22)13(8)25)19(31)32-5-12-14(26)15(27)16(28)20(33-12)34-17-10(23)1-6(18(29)30)2-11(17)24/h1-4,12,14-16,20-28H,5H2,(H,29,30)/t12-,14+,15+,16-,20-/m1/s1. The smallest absolute Gasteiger partial charge is 0.338 e. The second-order valence-electron chi connectivity index (χ2n) is 7.24. The number of phenols is 5. The maximum absolute atomic E-state index is 12.2. The number of aliphatic hydroxyl groups is 3. The number of rotatable bonds is 6. The average Bonchev–Trinajstić information content (AvgIpc) is 2.78. The van der Waals surface area contributed by atoms with Crippen molar-refractivity contribution in [3.05, 3.63) is 35.4 Å². The van der Waals surface area contributed by atoms with E-state index in [0.717, 1.165) is 24.3 Å². The van der Waals surface area contributed by atoms with E-state index in [1.165, 1.54) is 0 Å². The van der Waals surface area contributed by atoms with Crippen molar-refractivity contribution in [1.29, 1.82) is 0 Å². The van der Waals surface area contributed by atoms with Crippen LogP contribution >= 0.6 is 0 Å². The lowest BCUT2D eigenvalue weighted by Crippen LogP contribution is -2.60. The molecule has 1 saturated heterocycles. The van der Waals surface area contributed by atoms with E-state index < -0.39 is 89.3 Å². The van der Waals surface area contributed by atoms with Gasteiger partial charge in [0, 0.05) is 0 Å². The van der Waals surface area contributed by atoms with E-state index >= 15 is 0 Å². The number of phenolic OH excluding ortho intramolecular Hbond substituents is 5. The topological polar surface area (TPSA) is 244 Å². The zero-order valence-electron chi connectivity index (χ0n) is 17.0. The Morgan fingerprint density at radius 1 is 0.794 bits per heavy atom. The molecular formula is C20H20O14. The van der Waals surface area contributed by atoms with Crippen LogP contribution in [-0.4, -0.2) is 95.2 Å². The lowest BCUT2D eigenvalue weighted by atomic mass is 9.99. The van der Waals surface area contributed by atoms with E-state index in [0.29, 0.717) is 0 Å². The van der Waals surface area contributed by atoms with Gasteiger partial charge in [0.15, 0.2) is 28.7 Å². The minimum atomic E-state index is -1.91. The number of benzene rings is 2. The number of aliphatic hydroxyl groups excluding tert-OH is 3. The van der Waals surface area contributed by atoms with Gasteiger partial charge in [0.05, 0.1) is 11.1 Å². The third kappa shape index (κ3) is 4.84. The Morgan fingerprint density at radius 2 is 1.32 bits per heavy atom. The molecule has 1 fully saturated rings. The van der Waals surface area contributed by atoms with Gasteiger partial charge in [0.1, 0.15) is 31.0 Å². The molecule has 2 aromatic rings. The molecule has 0 aliphatic carbocycles. The monoisotopic (exact) mass is 484 g/mol. The van der Waals surface area contributed by atoms with Crippen LogP contribution in [0.15, 0.2) is 24.3 Å². The summed E-state index contributed by atoms with van der Waals surface area (Å²) in [6.07, 6.45) is -8.93. The van der Waals surface area contributed by atoms with Gasteiger partial charge in [-0.2, -0.15) is 0 Å². The van der Waals surface area contributed by atoms with Crippen molar-refractivity contribution in [2.24, 2.45) is 0 Å². The molecule has 9 N–H and O–H groups in total. The molecule has 14 heteroatoms. The molecule has 2 aromatic carbocycles. The third-order valence-electron chi connectivity index (χ3n) is 4.88. The predicted molar refractivity (Wildman–Crippen MR) is 106 cm³/mol. The van der Waals surface area contributed by atoms with E-state index in [4.69, 9.17) is 19.3 Å². The first-order chi connectivity index (χ1) is 15.9.